The lowest BCUT2D eigenvalue weighted by Crippen LogP contribution is -2.61. The third-order valence-electron chi connectivity index (χ3n) is 12.1. The summed E-state index contributed by atoms with van der Waals surface area (Å²) in [4.78, 5) is 26.3. The summed E-state index contributed by atoms with van der Waals surface area (Å²) in [5, 5.41) is 56.5. The second-order valence-corrected chi connectivity index (χ2v) is 18.2. The van der Waals surface area contributed by atoms with Crippen LogP contribution in [0, 0.1) is 0 Å². The van der Waals surface area contributed by atoms with Crippen molar-refractivity contribution in [2.45, 2.75) is 256 Å². The molecule has 386 valence electrons. The highest BCUT2D eigenvalue weighted by atomic mass is 16.7. The topological polar surface area (TPSA) is 175 Å². The van der Waals surface area contributed by atoms with Crippen molar-refractivity contribution in [1.29, 1.82) is 0 Å². The van der Waals surface area contributed by atoms with E-state index in [-0.39, 0.29) is 19.4 Å². The van der Waals surface area contributed by atoms with Gasteiger partial charge >= 0.3 is 5.97 Å². The Kier molecular flexibility index (Phi) is 41.1. The fourth-order valence-corrected chi connectivity index (χ4v) is 7.74. The number of carbonyl (C=O) groups excluding carboxylic acids is 2. The second-order valence-electron chi connectivity index (χ2n) is 18.2. The molecule has 1 heterocycles. The number of nitrogens with one attached hydrogen (secondary N) is 1. The van der Waals surface area contributed by atoms with Crippen molar-refractivity contribution >= 4 is 11.9 Å². The summed E-state index contributed by atoms with van der Waals surface area (Å²) < 4.78 is 17.5. The van der Waals surface area contributed by atoms with Crippen molar-refractivity contribution in [1.82, 2.24) is 5.32 Å². The van der Waals surface area contributed by atoms with Crippen LogP contribution in [0.5, 0.6) is 0 Å². The number of hydrogen-bond acceptors (Lipinski definition) is 10. The quantitative estimate of drug-likeness (QED) is 0.0196. The number of carbonyl (C=O) groups is 2. The number of unbranched alkanes of at least 4 members (excludes halogenated alkanes) is 19. The molecule has 0 bridgehead atoms. The van der Waals surface area contributed by atoms with E-state index in [4.69, 9.17) is 14.2 Å². The largest absolute Gasteiger partial charge is 0.454 e. The van der Waals surface area contributed by atoms with Gasteiger partial charge in [-0.25, -0.2) is 0 Å². The maximum atomic E-state index is 13.3. The summed E-state index contributed by atoms with van der Waals surface area (Å²) >= 11 is 0. The summed E-state index contributed by atoms with van der Waals surface area (Å²) in [5.41, 5.74) is 0. The van der Waals surface area contributed by atoms with E-state index in [9.17, 15) is 35.1 Å². The minimum absolute atomic E-state index is 0.104. The van der Waals surface area contributed by atoms with Gasteiger partial charge in [-0.05, 0) is 83.5 Å². The fourth-order valence-electron chi connectivity index (χ4n) is 7.74. The molecule has 0 aromatic carbocycles. The number of ether oxygens (including phenoxy) is 3. The van der Waals surface area contributed by atoms with E-state index in [0.29, 0.717) is 12.8 Å². The van der Waals surface area contributed by atoms with Gasteiger partial charge in [-0.15, -0.1) is 0 Å². The average molecular weight is 944 g/mol. The van der Waals surface area contributed by atoms with Gasteiger partial charge in [0.1, 0.15) is 24.4 Å². The van der Waals surface area contributed by atoms with Crippen molar-refractivity contribution in [3.63, 3.8) is 0 Å². The third kappa shape index (κ3) is 33.3. The smallest absolute Gasteiger partial charge is 0.306 e. The van der Waals surface area contributed by atoms with Gasteiger partial charge < -0.3 is 45.1 Å². The van der Waals surface area contributed by atoms with Crippen molar-refractivity contribution in [2.24, 2.45) is 0 Å². The molecule has 0 aromatic heterocycles. The van der Waals surface area contributed by atoms with Crippen LogP contribution in [0.4, 0.5) is 0 Å². The van der Waals surface area contributed by atoms with Crippen LogP contribution in [0.2, 0.25) is 0 Å². The van der Waals surface area contributed by atoms with Gasteiger partial charge in [-0.3, -0.25) is 9.59 Å². The number of aliphatic hydroxyl groups excluding tert-OH is 5. The van der Waals surface area contributed by atoms with Crippen LogP contribution >= 0.6 is 0 Å². The van der Waals surface area contributed by atoms with Crippen LogP contribution in [0.3, 0.4) is 0 Å². The zero-order valence-corrected chi connectivity index (χ0v) is 42.2. The van der Waals surface area contributed by atoms with Crippen LogP contribution < -0.4 is 5.32 Å². The molecule has 0 aliphatic carbocycles. The van der Waals surface area contributed by atoms with Crippen LogP contribution in [-0.2, 0) is 23.8 Å². The molecule has 1 saturated heterocycles. The van der Waals surface area contributed by atoms with E-state index in [0.717, 1.165) is 89.9 Å². The Bertz CT molecular complexity index is 1360. The molecule has 67 heavy (non-hydrogen) atoms. The molecule has 0 radical (unpaired) electrons. The first kappa shape index (κ1) is 62.1. The minimum atomic E-state index is -1.63. The monoisotopic (exact) mass is 944 g/mol. The molecule has 0 aromatic rings. The highest BCUT2D eigenvalue weighted by Gasteiger charge is 2.47. The van der Waals surface area contributed by atoms with Crippen molar-refractivity contribution < 1.29 is 49.3 Å². The number of amides is 1. The van der Waals surface area contributed by atoms with Crippen LogP contribution in [-0.4, -0.2) is 99.6 Å². The van der Waals surface area contributed by atoms with Crippen molar-refractivity contribution in [3.8, 4) is 0 Å². The minimum Gasteiger partial charge on any atom is -0.454 e. The normalized spacial score (nSPS) is 20.6. The zero-order valence-electron chi connectivity index (χ0n) is 42.2. The molecule has 0 saturated carbocycles. The molecule has 11 heteroatoms. The van der Waals surface area contributed by atoms with Crippen molar-refractivity contribution in [3.05, 3.63) is 72.9 Å². The molecule has 8 atom stereocenters. The molecular weight excluding hydrogens is 847 g/mol. The Hall–Kier alpha value is -2.90. The fraction of sp³-hybridized carbons (Fsp3) is 0.750. The van der Waals surface area contributed by atoms with E-state index in [2.05, 4.69) is 74.7 Å². The standard InChI is InChI=1S/C56H97NO10/c1-4-7-10-13-16-19-22-23-24-25-26-29-31-34-37-40-43-49(60)55(64)57-47(48(59)42-39-36-33-30-27-20-17-14-11-8-5-2)46-65-56-54(53(63)52(62)50(45-58)66-56)67-51(61)44-41-38-35-32-28-21-18-15-12-9-6-3/h15-16,18-19,23-24,26,29,34,37,39,42,47-50,52-54,56,58-60,62-63H,4-14,17,20-22,25,27-28,30-33,35-36,38,40-41,43-46H2,1-3H3,(H,57,64)/b18-15-,19-16-,24-23-,29-26-,37-34-,42-39+. The summed E-state index contributed by atoms with van der Waals surface area (Å²) in [7, 11) is 0. The Balaban J connectivity index is 2.82. The van der Waals surface area contributed by atoms with E-state index >= 15 is 0 Å². The summed E-state index contributed by atoms with van der Waals surface area (Å²) in [6.07, 6.45) is 43.9. The van der Waals surface area contributed by atoms with E-state index in [1.807, 2.05) is 18.2 Å². The first-order chi connectivity index (χ1) is 32.7. The predicted molar refractivity (Wildman–Crippen MR) is 273 cm³/mol. The van der Waals surface area contributed by atoms with Crippen LogP contribution in [0.15, 0.2) is 72.9 Å². The third-order valence-corrected chi connectivity index (χ3v) is 12.1. The van der Waals surface area contributed by atoms with Gasteiger partial charge in [0, 0.05) is 6.42 Å². The zero-order chi connectivity index (χ0) is 49.0. The van der Waals surface area contributed by atoms with Crippen molar-refractivity contribution in [2.75, 3.05) is 13.2 Å². The van der Waals surface area contributed by atoms with Crippen LogP contribution in [0.25, 0.3) is 0 Å². The van der Waals surface area contributed by atoms with Gasteiger partial charge in [0.25, 0.3) is 0 Å². The SMILES string of the molecule is CCCC/C=C\CCCCCCCC(=O)OC1C(OCC(NC(=O)C(O)CC/C=C\C/C=C\C/C=C\C/C=C\CCCCC)C(O)/C=C/CCCCCCCCCCC)OC(CO)C(O)C1O. The van der Waals surface area contributed by atoms with E-state index < -0.39 is 67.4 Å². The predicted octanol–water partition coefficient (Wildman–Crippen LogP) is 11.3. The molecule has 1 amide bonds. The molecule has 6 N–H and O–H groups in total. The Morgan fingerprint density at radius 2 is 1.04 bits per heavy atom. The molecule has 1 aliphatic heterocycles. The summed E-state index contributed by atoms with van der Waals surface area (Å²) in [6, 6.07) is -1.05. The first-order valence-corrected chi connectivity index (χ1v) is 26.7. The van der Waals surface area contributed by atoms with E-state index in [1.165, 1.54) is 70.6 Å². The Labute approximate surface area is 407 Å². The highest BCUT2D eigenvalue weighted by Crippen LogP contribution is 2.26. The van der Waals surface area contributed by atoms with Gasteiger partial charge in [0.15, 0.2) is 12.4 Å². The van der Waals surface area contributed by atoms with E-state index in [1.54, 1.807) is 6.08 Å². The van der Waals surface area contributed by atoms with Gasteiger partial charge in [0.2, 0.25) is 5.91 Å². The molecular formula is C56H97NO10. The summed E-state index contributed by atoms with van der Waals surface area (Å²) in [6.45, 7) is 5.63. The lowest BCUT2D eigenvalue weighted by Gasteiger charge is -2.41. The number of allylic oxidation sites excluding steroid dienone is 11. The Morgan fingerprint density at radius 3 is 1.63 bits per heavy atom. The second kappa shape index (κ2) is 44.3. The summed E-state index contributed by atoms with van der Waals surface area (Å²) in [5.74, 6) is -1.27. The number of rotatable bonds is 43. The molecule has 1 rings (SSSR count). The van der Waals surface area contributed by atoms with Crippen LogP contribution in [0.1, 0.15) is 207 Å². The van der Waals surface area contributed by atoms with Gasteiger partial charge in [0.05, 0.1) is 25.4 Å². The molecule has 1 fully saturated rings. The number of aliphatic hydroxyl groups is 5. The highest BCUT2D eigenvalue weighted by molar-refractivity contribution is 5.80. The van der Waals surface area contributed by atoms with Gasteiger partial charge in [-0.2, -0.15) is 0 Å². The molecule has 0 spiro atoms. The average Bonchev–Trinajstić information content (AvgIpc) is 3.32. The molecule has 11 nitrogen and oxygen atoms in total. The maximum absolute atomic E-state index is 13.3. The number of hydrogen-bond donors (Lipinski definition) is 6. The lowest BCUT2D eigenvalue weighted by molar-refractivity contribution is -0.305. The molecule has 8 unspecified atom stereocenters. The number of esters is 1. The Morgan fingerprint density at radius 1 is 0.582 bits per heavy atom. The first-order valence-electron chi connectivity index (χ1n) is 26.7. The molecule has 1 aliphatic rings. The maximum Gasteiger partial charge on any atom is 0.306 e. The lowest BCUT2D eigenvalue weighted by atomic mass is 9.99. The van der Waals surface area contributed by atoms with Gasteiger partial charge in [-0.1, -0.05) is 190 Å².